The summed E-state index contributed by atoms with van der Waals surface area (Å²) in [4.78, 5) is 24.2. The lowest BCUT2D eigenvalue weighted by atomic mass is 10.1. The lowest BCUT2D eigenvalue weighted by Gasteiger charge is -2.12. The molecule has 3 aromatic rings. The van der Waals surface area contributed by atoms with Crippen LogP contribution in [0.5, 0.6) is 17.2 Å². The number of methoxy groups -OCH3 is 1. The van der Waals surface area contributed by atoms with E-state index in [2.05, 4.69) is 5.32 Å². The van der Waals surface area contributed by atoms with Crippen molar-refractivity contribution in [3.05, 3.63) is 84.4 Å². The average molecular weight is 391 g/mol. The zero-order valence-electron chi connectivity index (χ0n) is 16.0. The first-order valence-corrected chi connectivity index (χ1v) is 9.04. The fourth-order valence-corrected chi connectivity index (χ4v) is 2.61. The number of anilines is 1. The second kappa shape index (κ2) is 9.94. The number of rotatable bonds is 8. The van der Waals surface area contributed by atoms with E-state index < -0.39 is 11.9 Å². The van der Waals surface area contributed by atoms with Crippen LogP contribution in [0.25, 0.3) is 0 Å². The maximum absolute atomic E-state index is 12.2. The number of para-hydroxylation sites is 3. The van der Waals surface area contributed by atoms with Crippen LogP contribution in [0.4, 0.5) is 5.69 Å². The van der Waals surface area contributed by atoms with Crippen molar-refractivity contribution in [3.8, 4) is 17.2 Å². The van der Waals surface area contributed by atoms with Gasteiger partial charge in [0.2, 0.25) is 0 Å². The number of carbonyl (C=O) groups excluding carboxylic acids is 2. The minimum absolute atomic E-state index is 0.0538. The minimum Gasteiger partial charge on any atom is -0.497 e. The molecule has 3 aromatic carbocycles. The van der Waals surface area contributed by atoms with Crippen molar-refractivity contribution in [2.75, 3.05) is 19.0 Å². The van der Waals surface area contributed by atoms with E-state index in [-0.39, 0.29) is 13.0 Å². The van der Waals surface area contributed by atoms with E-state index in [1.165, 1.54) is 0 Å². The Balaban J connectivity index is 1.53. The van der Waals surface area contributed by atoms with E-state index in [0.29, 0.717) is 22.9 Å². The summed E-state index contributed by atoms with van der Waals surface area (Å²) in [7, 11) is 1.56. The molecule has 0 unspecified atom stereocenters. The minimum atomic E-state index is -0.498. The number of hydrogen-bond donors (Lipinski definition) is 1. The lowest BCUT2D eigenvalue weighted by molar-refractivity contribution is -0.146. The molecular formula is C23H21NO5. The first kappa shape index (κ1) is 19.9. The van der Waals surface area contributed by atoms with Crippen molar-refractivity contribution in [1.82, 2.24) is 0 Å². The van der Waals surface area contributed by atoms with Crippen LogP contribution < -0.4 is 14.8 Å². The van der Waals surface area contributed by atoms with Crippen LogP contribution in [-0.4, -0.2) is 25.6 Å². The first-order valence-electron chi connectivity index (χ1n) is 9.04. The molecule has 0 bridgehead atoms. The second-order valence-electron chi connectivity index (χ2n) is 6.15. The van der Waals surface area contributed by atoms with Crippen molar-refractivity contribution in [2.45, 2.75) is 6.42 Å². The van der Waals surface area contributed by atoms with Gasteiger partial charge < -0.3 is 19.5 Å². The molecule has 0 saturated heterocycles. The van der Waals surface area contributed by atoms with Gasteiger partial charge in [-0.25, -0.2) is 0 Å². The van der Waals surface area contributed by atoms with Gasteiger partial charge in [0.05, 0.1) is 19.2 Å². The van der Waals surface area contributed by atoms with E-state index in [1.807, 2.05) is 36.4 Å². The number of amides is 1. The number of benzene rings is 3. The maximum Gasteiger partial charge on any atom is 0.310 e. The van der Waals surface area contributed by atoms with E-state index >= 15 is 0 Å². The van der Waals surface area contributed by atoms with Gasteiger partial charge in [0.15, 0.2) is 12.4 Å². The second-order valence-corrected chi connectivity index (χ2v) is 6.15. The third-order valence-electron chi connectivity index (χ3n) is 3.98. The number of nitrogens with one attached hydrogen (secondary N) is 1. The zero-order valence-corrected chi connectivity index (χ0v) is 16.0. The summed E-state index contributed by atoms with van der Waals surface area (Å²) in [5.41, 5.74) is 1.24. The van der Waals surface area contributed by atoms with Crippen LogP contribution in [-0.2, 0) is 20.7 Å². The molecule has 0 aliphatic heterocycles. The third-order valence-corrected chi connectivity index (χ3v) is 3.98. The highest BCUT2D eigenvalue weighted by atomic mass is 16.5. The summed E-state index contributed by atoms with van der Waals surface area (Å²) in [6.45, 7) is -0.386. The number of hydrogen-bond acceptors (Lipinski definition) is 5. The van der Waals surface area contributed by atoms with Crippen LogP contribution in [0.15, 0.2) is 78.9 Å². The van der Waals surface area contributed by atoms with Gasteiger partial charge in [0, 0.05) is 0 Å². The van der Waals surface area contributed by atoms with Crippen molar-refractivity contribution < 1.29 is 23.8 Å². The summed E-state index contributed by atoms with van der Waals surface area (Å²) in [5, 5.41) is 2.71. The Morgan fingerprint density at radius 3 is 2.38 bits per heavy atom. The number of carbonyl (C=O) groups is 2. The van der Waals surface area contributed by atoms with E-state index in [9.17, 15) is 9.59 Å². The Kier molecular flexibility index (Phi) is 6.84. The van der Waals surface area contributed by atoms with Gasteiger partial charge in [-0.3, -0.25) is 9.59 Å². The molecule has 0 radical (unpaired) electrons. The van der Waals surface area contributed by atoms with Crippen molar-refractivity contribution in [2.24, 2.45) is 0 Å². The molecule has 0 heterocycles. The van der Waals surface area contributed by atoms with Crippen LogP contribution in [0.3, 0.4) is 0 Å². The SMILES string of the molecule is COc1cccc(CC(=O)OCC(=O)Nc2ccccc2Oc2ccccc2)c1. The Morgan fingerprint density at radius 1 is 0.862 bits per heavy atom. The molecule has 0 aliphatic rings. The Morgan fingerprint density at radius 2 is 1.59 bits per heavy atom. The molecule has 0 atom stereocenters. The average Bonchev–Trinajstić information content (AvgIpc) is 2.74. The molecule has 0 spiro atoms. The maximum atomic E-state index is 12.2. The summed E-state index contributed by atoms with van der Waals surface area (Å²) in [6.07, 6.45) is 0.0538. The van der Waals surface area contributed by atoms with Crippen LogP contribution in [0, 0.1) is 0 Å². The normalized spacial score (nSPS) is 10.1. The van der Waals surface area contributed by atoms with Gasteiger partial charge in [0.25, 0.3) is 5.91 Å². The predicted octanol–water partition coefficient (Wildman–Crippen LogP) is 4.21. The quantitative estimate of drug-likeness (QED) is 0.582. The highest BCUT2D eigenvalue weighted by molar-refractivity contribution is 5.94. The number of esters is 1. The molecule has 6 nitrogen and oxygen atoms in total. The van der Waals surface area contributed by atoms with Gasteiger partial charge in [-0.2, -0.15) is 0 Å². The Labute approximate surface area is 169 Å². The molecule has 1 N–H and O–H groups in total. The monoisotopic (exact) mass is 391 g/mol. The molecule has 3 rings (SSSR count). The molecule has 0 fully saturated rings. The molecule has 148 valence electrons. The Bertz CT molecular complexity index is 972. The van der Waals surface area contributed by atoms with E-state index in [4.69, 9.17) is 14.2 Å². The van der Waals surface area contributed by atoms with Crippen LogP contribution in [0.2, 0.25) is 0 Å². The Hall–Kier alpha value is -3.80. The third kappa shape index (κ3) is 6.10. The molecular weight excluding hydrogens is 370 g/mol. The topological polar surface area (TPSA) is 73.9 Å². The predicted molar refractivity (Wildman–Crippen MR) is 109 cm³/mol. The molecule has 29 heavy (non-hydrogen) atoms. The molecule has 1 amide bonds. The summed E-state index contributed by atoms with van der Waals surface area (Å²) < 4.78 is 16.0. The van der Waals surface area contributed by atoms with Gasteiger partial charge in [-0.15, -0.1) is 0 Å². The highest BCUT2D eigenvalue weighted by Crippen LogP contribution is 2.29. The lowest BCUT2D eigenvalue weighted by Crippen LogP contribution is -2.21. The first-order chi connectivity index (χ1) is 14.1. The van der Waals surface area contributed by atoms with Crippen LogP contribution >= 0.6 is 0 Å². The van der Waals surface area contributed by atoms with E-state index in [1.54, 1.807) is 49.6 Å². The van der Waals surface area contributed by atoms with Crippen molar-refractivity contribution >= 4 is 17.6 Å². The van der Waals surface area contributed by atoms with E-state index in [0.717, 1.165) is 5.56 Å². The molecule has 0 aliphatic carbocycles. The van der Waals surface area contributed by atoms with Gasteiger partial charge in [0.1, 0.15) is 11.5 Å². The highest BCUT2D eigenvalue weighted by Gasteiger charge is 2.12. The van der Waals surface area contributed by atoms with Gasteiger partial charge >= 0.3 is 5.97 Å². The molecule has 0 saturated carbocycles. The fourth-order valence-electron chi connectivity index (χ4n) is 2.61. The summed E-state index contributed by atoms with van der Waals surface area (Å²) >= 11 is 0. The molecule has 0 aromatic heterocycles. The fraction of sp³-hybridized carbons (Fsp3) is 0.130. The van der Waals surface area contributed by atoms with Crippen molar-refractivity contribution in [3.63, 3.8) is 0 Å². The van der Waals surface area contributed by atoms with Crippen molar-refractivity contribution in [1.29, 1.82) is 0 Å². The molecule has 6 heteroatoms. The largest absolute Gasteiger partial charge is 0.497 e. The van der Waals surface area contributed by atoms with Crippen LogP contribution in [0.1, 0.15) is 5.56 Å². The number of ether oxygens (including phenoxy) is 3. The zero-order chi connectivity index (χ0) is 20.5. The summed E-state index contributed by atoms with van der Waals surface area (Å²) in [6, 6.07) is 23.4. The van der Waals surface area contributed by atoms with Gasteiger partial charge in [-0.1, -0.05) is 42.5 Å². The summed E-state index contributed by atoms with van der Waals surface area (Å²) in [5.74, 6) is 0.854. The van der Waals surface area contributed by atoms with Gasteiger partial charge in [-0.05, 0) is 42.0 Å². The smallest absolute Gasteiger partial charge is 0.310 e. The standard InChI is InChI=1S/C23H21NO5/c1-27-19-11-7-8-17(14-19)15-23(26)28-16-22(25)24-20-12-5-6-13-21(20)29-18-9-3-2-4-10-18/h2-14H,15-16H2,1H3,(H,24,25).